The van der Waals surface area contributed by atoms with Gasteiger partial charge in [-0.15, -0.1) is 0 Å². The molecule has 0 aliphatic carbocycles. The lowest BCUT2D eigenvalue weighted by Crippen LogP contribution is -2.29. The van der Waals surface area contributed by atoms with E-state index in [0.717, 1.165) is 13.1 Å². The van der Waals surface area contributed by atoms with E-state index < -0.39 is 0 Å². The summed E-state index contributed by atoms with van der Waals surface area (Å²) in [5.41, 5.74) is 1.25. The van der Waals surface area contributed by atoms with Crippen LogP contribution in [0.5, 0.6) is 0 Å². The van der Waals surface area contributed by atoms with E-state index >= 15 is 0 Å². The summed E-state index contributed by atoms with van der Waals surface area (Å²) in [5.74, 6) is 0. The van der Waals surface area contributed by atoms with Crippen molar-refractivity contribution < 1.29 is 0 Å². The first kappa shape index (κ1) is 8.38. The average molecular weight is 175 g/mol. The molecule has 0 N–H and O–H groups in total. The van der Waals surface area contributed by atoms with Crippen molar-refractivity contribution in [3.8, 4) is 0 Å². The molecule has 1 unspecified atom stereocenters. The summed E-state index contributed by atoms with van der Waals surface area (Å²) in [6.07, 6.45) is 5.62. The normalized spacial score (nSPS) is 23.3. The van der Waals surface area contributed by atoms with Gasteiger partial charge >= 0.3 is 0 Å². The molecular formula is C10H13N3. The number of likely N-dealkylation sites (N-methyl/N-ethyl adjacent to an activating group) is 1. The van der Waals surface area contributed by atoms with E-state index in [-0.39, 0.29) is 0 Å². The highest BCUT2D eigenvalue weighted by Gasteiger charge is 2.14. The summed E-state index contributed by atoms with van der Waals surface area (Å²) in [5, 5.41) is 0. The lowest BCUT2D eigenvalue weighted by atomic mass is 10.1. The average Bonchev–Trinajstić information content (AvgIpc) is 2.19. The van der Waals surface area contributed by atoms with E-state index in [1.165, 1.54) is 5.56 Å². The second-order valence-corrected chi connectivity index (χ2v) is 3.35. The zero-order valence-corrected chi connectivity index (χ0v) is 7.72. The Morgan fingerprint density at radius 3 is 2.85 bits per heavy atom. The quantitative estimate of drug-likeness (QED) is 0.640. The molecule has 68 valence electrons. The highest BCUT2D eigenvalue weighted by atomic mass is 15.1. The van der Waals surface area contributed by atoms with Gasteiger partial charge in [0, 0.05) is 31.7 Å². The van der Waals surface area contributed by atoms with Crippen LogP contribution in [0.25, 0.3) is 0 Å². The largest absolute Gasteiger partial charge is 0.299 e. The number of rotatable bonds is 1. The van der Waals surface area contributed by atoms with Crippen LogP contribution in [0.2, 0.25) is 0 Å². The molecule has 13 heavy (non-hydrogen) atoms. The molecule has 3 nitrogen and oxygen atoms in total. The van der Waals surface area contributed by atoms with Crippen molar-refractivity contribution in [1.82, 2.24) is 9.88 Å². The van der Waals surface area contributed by atoms with Crippen molar-refractivity contribution in [2.24, 2.45) is 4.99 Å². The topological polar surface area (TPSA) is 28.5 Å². The molecule has 1 aromatic heterocycles. The first-order chi connectivity index (χ1) is 6.36. The van der Waals surface area contributed by atoms with Gasteiger partial charge in [-0.25, -0.2) is 0 Å². The predicted octanol–water partition coefficient (Wildman–Crippen LogP) is 1.14. The van der Waals surface area contributed by atoms with E-state index in [0.29, 0.717) is 6.04 Å². The van der Waals surface area contributed by atoms with Crippen LogP contribution < -0.4 is 0 Å². The standard InChI is InChI=1S/C10H13N3/c1-13-7-6-12-10(8-13)9-2-4-11-5-3-9/h2-6,10H,7-8H2,1H3. The Kier molecular flexibility index (Phi) is 2.36. The number of hydrogen-bond acceptors (Lipinski definition) is 3. The summed E-state index contributed by atoms with van der Waals surface area (Å²) in [4.78, 5) is 10.7. The van der Waals surface area contributed by atoms with E-state index in [2.05, 4.69) is 21.9 Å². The fourth-order valence-electron chi connectivity index (χ4n) is 1.51. The van der Waals surface area contributed by atoms with Gasteiger partial charge in [0.05, 0.1) is 6.04 Å². The van der Waals surface area contributed by atoms with Crippen molar-refractivity contribution in [2.75, 3.05) is 20.1 Å². The molecule has 1 aliphatic rings. The van der Waals surface area contributed by atoms with Gasteiger partial charge in [-0.05, 0) is 24.7 Å². The SMILES string of the molecule is CN1CC=NC(c2ccncc2)C1. The third-order valence-electron chi connectivity index (χ3n) is 2.25. The van der Waals surface area contributed by atoms with Gasteiger partial charge in [-0.2, -0.15) is 0 Å². The van der Waals surface area contributed by atoms with Crippen LogP contribution in [-0.2, 0) is 0 Å². The molecule has 1 aromatic rings. The Morgan fingerprint density at radius 2 is 2.15 bits per heavy atom. The van der Waals surface area contributed by atoms with Crippen LogP contribution in [0.4, 0.5) is 0 Å². The Labute approximate surface area is 78.1 Å². The van der Waals surface area contributed by atoms with Crippen LogP contribution in [0.3, 0.4) is 0 Å². The monoisotopic (exact) mass is 175 g/mol. The maximum Gasteiger partial charge on any atom is 0.0873 e. The highest BCUT2D eigenvalue weighted by molar-refractivity contribution is 5.61. The zero-order chi connectivity index (χ0) is 9.10. The van der Waals surface area contributed by atoms with Gasteiger partial charge in [-0.1, -0.05) is 0 Å². The first-order valence-electron chi connectivity index (χ1n) is 4.46. The molecular weight excluding hydrogens is 162 g/mol. The summed E-state index contributed by atoms with van der Waals surface area (Å²) >= 11 is 0. The van der Waals surface area contributed by atoms with E-state index in [9.17, 15) is 0 Å². The van der Waals surface area contributed by atoms with Crippen LogP contribution >= 0.6 is 0 Å². The molecule has 0 spiro atoms. The molecule has 1 atom stereocenters. The fourth-order valence-corrected chi connectivity index (χ4v) is 1.51. The molecule has 0 amide bonds. The minimum atomic E-state index is 0.293. The molecule has 0 radical (unpaired) electrons. The number of aliphatic imine (C=N–C) groups is 1. The lowest BCUT2D eigenvalue weighted by molar-refractivity contribution is 0.341. The maximum atomic E-state index is 4.46. The highest BCUT2D eigenvalue weighted by Crippen LogP contribution is 2.18. The van der Waals surface area contributed by atoms with Crippen LogP contribution in [0, 0.1) is 0 Å². The smallest absolute Gasteiger partial charge is 0.0873 e. The van der Waals surface area contributed by atoms with Gasteiger partial charge in [0.1, 0.15) is 0 Å². The third-order valence-corrected chi connectivity index (χ3v) is 2.25. The minimum absolute atomic E-state index is 0.293. The molecule has 2 rings (SSSR count). The van der Waals surface area contributed by atoms with Gasteiger partial charge in [0.2, 0.25) is 0 Å². The summed E-state index contributed by atoms with van der Waals surface area (Å²) in [7, 11) is 2.11. The molecule has 0 saturated heterocycles. The number of aromatic nitrogens is 1. The van der Waals surface area contributed by atoms with E-state index in [4.69, 9.17) is 0 Å². The molecule has 0 aromatic carbocycles. The van der Waals surface area contributed by atoms with Crippen molar-refractivity contribution >= 4 is 6.21 Å². The Balaban J connectivity index is 2.18. The first-order valence-corrected chi connectivity index (χ1v) is 4.46. The maximum absolute atomic E-state index is 4.46. The number of nitrogens with zero attached hydrogens (tertiary/aromatic N) is 3. The van der Waals surface area contributed by atoms with Crippen molar-refractivity contribution in [3.63, 3.8) is 0 Å². The Hall–Kier alpha value is -1.22. The van der Waals surface area contributed by atoms with Gasteiger partial charge in [0.25, 0.3) is 0 Å². The second kappa shape index (κ2) is 3.66. The molecule has 0 saturated carbocycles. The molecule has 3 heteroatoms. The molecule has 1 aliphatic heterocycles. The predicted molar refractivity (Wildman–Crippen MR) is 53.0 cm³/mol. The van der Waals surface area contributed by atoms with Crippen LogP contribution in [0.15, 0.2) is 29.5 Å². The Morgan fingerprint density at radius 1 is 1.38 bits per heavy atom. The Bertz CT molecular complexity index is 294. The third kappa shape index (κ3) is 1.92. The lowest BCUT2D eigenvalue weighted by Gasteiger charge is -2.24. The summed E-state index contributed by atoms with van der Waals surface area (Å²) in [6.45, 7) is 1.96. The number of pyridine rings is 1. The van der Waals surface area contributed by atoms with Crippen LogP contribution in [0.1, 0.15) is 11.6 Å². The zero-order valence-electron chi connectivity index (χ0n) is 7.72. The van der Waals surface area contributed by atoms with Crippen molar-refractivity contribution in [2.45, 2.75) is 6.04 Å². The van der Waals surface area contributed by atoms with Crippen molar-refractivity contribution in [1.29, 1.82) is 0 Å². The van der Waals surface area contributed by atoms with Gasteiger partial charge in [0.15, 0.2) is 0 Å². The fraction of sp³-hybridized carbons (Fsp3) is 0.400. The van der Waals surface area contributed by atoms with E-state index in [1.54, 1.807) is 0 Å². The molecule has 2 heterocycles. The van der Waals surface area contributed by atoms with Crippen LogP contribution in [-0.4, -0.2) is 36.2 Å². The second-order valence-electron chi connectivity index (χ2n) is 3.35. The van der Waals surface area contributed by atoms with Gasteiger partial charge in [-0.3, -0.25) is 14.9 Å². The summed E-state index contributed by atoms with van der Waals surface area (Å²) in [6, 6.07) is 4.35. The molecule has 0 fully saturated rings. The molecule has 0 bridgehead atoms. The minimum Gasteiger partial charge on any atom is -0.299 e. The van der Waals surface area contributed by atoms with E-state index in [1.807, 2.05) is 30.7 Å². The summed E-state index contributed by atoms with van der Waals surface area (Å²) < 4.78 is 0. The van der Waals surface area contributed by atoms with Crippen molar-refractivity contribution in [3.05, 3.63) is 30.1 Å². The van der Waals surface area contributed by atoms with Gasteiger partial charge < -0.3 is 0 Å². The number of hydrogen-bond donors (Lipinski definition) is 0.